The highest BCUT2D eigenvalue weighted by molar-refractivity contribution is 5.09. The molecule has 0 aromatic carbocycles. The van der Waals surface area contributed by atoms with Crippen LogP contribution >= 0.6 is 0 Å². The van der Waals surface area contributed by atoms with E-state index in [0.717, 1.165) is 13.0 Å². The number of hydrogen-bond donors (Lipinski definition) is 1. The van der Waals surface area contributed by atoms with Gasteiger partial charge in [-0.05, 0) is 63.8 Å². The smallest absolute Gasteiger partial charge is 0.0270 e. The second kappa shape index (κ2) is 6.64. The lowest BCUT2D eigenvalue weighted by atomic mass is 10.0. The van der Waals surface area contributed by atoms with Crippen LogP contribution in [0.15, 0.2) is 24.5 Å². The Balaban J connectivity index is 2.09. The van der Waals surface area contributed by atoms with Gasteiger partial charge in [0.05, 0.1) is 0 Å². The van der Waals surface area contributed by atoms with Gasteiger partial charge in [0, 0.05) is 17.9 Å². The lowest BCUT2D eigenvalue weighted by molar-refractivity contribution is 0.372. The molecule has 1 aromatic rings. The van der Waals surface area contributed by atoms with Gasteiger partial charge in [0.25, 0.3) is 0 Å². The Morgan fingerprint density at radius 2 is 1.88 bits per heavy atom. The van der Waals surface area contributed by atoms with Gasteiger partial charge in [-0.25, -0.2) is 0 Å². The third-order valence-corrected chi connectivity index (χ3v) is 3.13. The molecule has 0 unspecified atom stereocenters. The van der Waals surface area contributed by atoms with E-state index in [1.54, 1.807) is 0 Å². The SMILES string of the molecule is CCC(C)(C)NCCCCc1ccncc1. The molecule has 0 saturated carbocycles. The first-order valence-corrected chi connectivity index (χ1v) is 6.28. The van der Waals surface area contributed by atoms with Crippen molar-refractivity contribution in [1.82, 2.24) is 10.3 Å². The van der Waals surface area contributed by atoms with E-state index in [2.05, 4.69) is 43.2 Å². The van der Waals surface area contributed by atoms with Crippen LogP contribution in [0.1, 0.15) is 45.6 Å². The van der Waals surface area contributed by atoms with Crippen LogP contribution in [0.3, 0.4) is 0 Å². The maximum Gasteiger partial charge on any atom is 0.0270 e. The Morgan fingerprint density at radius 1 is 1.19 bits per heavy atom. The van der Waals surface area contributed by atoms with Crippen LogP contribution in [0.25, 0.3) is 0 Å². The van der Waals surface area contributed by atoms with E-state index in [4.69, 9.17) is 0 Å². The molecular formula is C14H24N2. The molecule has 90 valence electrons. The number of nitrogens with one attached hydrogen (secondary N) is 1. The van der Waals surface area contributed by atoms with Crippen molar-refractivity contribution in [2.24, 2.45) is 0 Å². The summed E-state index contributed by atoms with van der Waals surface area (Å²) in [6.07, 6.45) is 8.57. The minimum atomic E-state index is 0.288. The van der Waals surface area contributed by atoms with Gasteiger partial charge in [-0.3, -0.25) is 4.98 Å². The lowest BCUT2D eigenvalue weighted by Crippen LogP contribution is -2.38. The van der Waals surface area contributed by atoms with Gasteiger partial charge in [-0.2, -0.15) is 0 Å². The number of nitrogens with zero attached hydrogens (tertiary/aromatic N) is 1. The topological polar surface area (TPSA) is 24.9 Å². The molecule has 2 heteroatoms. The van der Waals surface area contributed by atoms with E-state index >= 15 is 0 Å². The predicted molar refractivity (Wildman–Crippen MR) is 69.5 cm³/mol. The molecule has 1 N–H and O–H groups in total. The Hall–Kier alpha value is -0.890. The van der Waals surface area contributed by atoms with E-state index in [0.29, 0.717) is 0 Å². The normalized spacial score (nSPS) is 11.7. The van der Waals surface area contributed by atoms with Crippen molar-refractivity contribution in [2.45, 2.75) is 52.0 Å². The summed E-state index contributed by atoms with van der Waals surface area (Å²) >= 11 is 0. The molecule has 0 aliphatic carbocycles. The van der Waals surface area contributed by atoms with Gasteiger partial charge in [0.2, 0.25) is 0 Å². The highest BCUT2D eigenvalue weighted by Crippen LogP contribution is 2.07. The summed E-state index contributed by atoms with van der Waals surface area (Å²) in [4.78, 5) is 4.02. The van der Waals surface area contributed by atoms with Crippen molar-refractivity contribution < 1.29 is 0 Å². The van der Waals surface area contributed by atoms with Gasteiger partial charge in [0.15, 0.2) is 0 Å². The summed E-state index contributed by atoms with van der Waals surface area (Å²) in [5, 5.41) is 3.58. The number of aryl methyl sites for hydroxylation is 1. The zero-order valence-electron chi connectivity index (χ0n) is 10.8. The zero-order valence-corrected chi connectivity index (χ0v) is 10.8. The second-order valence-electron chi connectivity index (χ2n) is 4.98. The Bertz CT molecular complexity index is 280. The van der Waals surface area contributed by atoms with E-state index < -0.39 is 0 Å². The van der Waals surface area contributed by atoms with Crippen LogP contribution in [0.2, 0.25) is 0 Å². The first kappa shape index (κ1) is 13.2. The quantitative estimate of drug-likeness (QED) is 0.714. The molecule has 0 aliphatic heterocycles. The lowest BCUT2D eigenvalue weighted by Gasteiger charge is -2.24. The van der Waals surface area contributed by atoms with E-state index in [-0.39, 0.29) is 5.54 Å². The Kier molecular flexibility index (Phi) is 5.47. The summed E-state index contributed by atoms with van der Waals surface area (Å²) in [5.41, 5.74) is 1.68. The highest BCUT2D eigenvalue weighted by Gasteiger charge is 2.12. The number of hydrogen-bond acceptors (Lipinski definition) is 2. The molecule has 1 heterocycles. The number of unbranched alkanes of at least 4 members (excludes halogenated alkanes) is 1. The third-order valence-electron chi connectivity index (χ3n) is 3.13. The standard InChI is InChI=1S/C14H24N2/c1-4-14(2,3)16-10-6-5-7-13-8-11-15-12-9-13/h8-9,11-12,16H,4-7,10H2,1-3H3. The van der Waals surface area contributed by atoms with Gasteiger partial charge in [-0.1, -0.05) is 6.92 Å². The van der Waals surface area contributed by atoms with E-state index in [1.807, 2.05) is 12.4 Å². The van der Waals surface area contributed by atoms with Crippen LogP contribution in [-0.4, -0.2) is 17.1 Å². The van der Waals surface area contributed by atoms with Crippen molar-refractivity contribution >= 4 is 0 Å². The Labute approximate surface area is 99.5 Å². The third kappa shape index (κ3) is 5.26. The average molecular weight is 220 g/mol. The van der Waals surface area contributed by atoms with Crippen LogP contribution < -0.4 is 5.32 Å². The molecule has 0 amide bonds. The monoisotopic (exact) mass is 220 g/mol. The first-order valence-electron chi connectivity index (χ1n) is 6.28. The minimum Gasteiger partial charge on any atom is -0.312 e. The largest absolute Gasteiger partial charge is 0.312 e. The fourth-order valence-electron chi connectivity index (χ4n) is 1.56. The molecule has 0 aliphatic rings. The van der Waals surface area contributed by atoms with Crippen LogP contribution in [0, 0.1) is 0 Å². The van der Waals surface area contributed by atoms with Crippen molar-refractivity contribution in [3.8, 4) is 0 Å². The number of aromatic nitrogens is 1. The summed E-state index contributed by atoms with van der Waals surface area (Å²) in [6.45, 7) is 7.86. The zero-order chi connectivity index (χ0) is 11.9. The van der Waals surface area contributed by atoms with E-state index in [1.165, 1.54) is 24.8 Å². The summed E-state index contributed by atoms with van der Waals surface area (Å²) < 4.78 is 0. The molecule has 0 radical (unpaired) electrons. The minimum absolute atomic E-state index is 0.288. The molecule has 16 heavy (non-hydrogen) atoms. The molecule has 0 bridgehead atoms. The second-order valence-corrected chi connectivity index (χ2v) is 4.98. The molecule has 0 fully saturated rings. The van der Waals surface area contributed by atoms with Crippen molar-refractivity contribution in [3.05, 3.63) is 30.1 Å². The van der Waals surface area contributed by atoms with Gasteiger partial charge in [0.1, 0.15) is 0 Å². The molecular weight excluding hydrogens is 196 g/mol. The molecule has 1 rings (SSSR count). The van der Waals surface area contributed by atoms with Crippen molar-refractivity contribution in [1.29, 1.82) is 0 Å². The average Bonchev–Trinajstić information content (AvgIpc) is 2.30. The highest BCUT2D eigenvalue weighted by atomic mass is 14.9. The van der Waals surface area contributed by atoms with Gasteiger partial charge >= 0.3 is 0 Å². The van der Waals surface area contributed by atoms with Gasteiger partial charge in [-0.15, -0.1) is 0 Å². The van der Waals surface area contributed by atoms with Crippen LogP contribution in [-0.2, 0) is 6.42 Å². The summed E-state index contributed by atoms with van der Waals surface area (Å²) in [5.74, 6) is 0. The van der Waals surface area contributed by atoms with Crippen molar-refractivity contribution in [3.63, 3.8) is 0 Å². The molecule has 2 nitrogen and oxygen atoms in total. The predicted octanol–water partition coefficient (Wildman–Crippen LogP) is 3.18. The maximum atomic E-state index is 4.02. The Morgan fingerprint density at radius 3 is 2.50 bits per heavy atom. The maximum absolute atomic E-state index is 4.02. The van der Waals surface area contributed by atoms with E-state index in [9.17, 15) is 0 Å². The van der Waals surface area contributed by atoms with Gasteiger partial charge < -0.3 is 5.32 Å². The number of pyridine rings is 1. The fourth-order valence-corrected chi connectivity index (χ4v) is 1.56. The fraction of sp³-hybridized carbons (Fsp3) is 0.643. The van der Waals surface area contributed by atoms with Crippen molar-refractivity contribution in [2.75, 3.05) is 6.54 Å². The molecule has 1 aromatic heterocycles. The molecule has 0 atom stereocenters. The number of rotatable bonds is 7. The molecule has 0 spiro atoms. The summed E-state index contributed by atoms with van der Waals surface area (Å²) in [7, 11) is 0. The van der Waals surface area contributed by atoms with Crippen LogP contribution in [0.5, 0.6) is 0 Å². The van der Waals surface area contributed by atoms with Crippen LogP contribution in [0.4, 0.5) is 0 Å². The summed E-state index contributed by atoms with van der Waals surface area (Å²) in [6, 6.07) is 4.20. The first-order chi connectivity index (χ1) is 7.64. The molecule has 0 saturated heterocycles.